The number of hydrogen-bond donors (Lipinski definition) is 6. The predicted octanol–water partition coefficient (Wildman–Crippen LogP) is 3.20. The Morgan fingerprint density at radius 3 is 1.85 bits per heavy atom. The Labute approximate surface area is 307 Å². The molecule has 0 saturated carbocycles. The number of aromatic hydroxyl groups is 1. The van der Waals surface area contributed by atoms with Crippen molar-refractivity contribution in [3.63, 3.8) is 0 Å². The van der Waals surface area contributed by atoms with Crippen molar-refractivity contribution in [2.24, 2.45) is 29.6 Å². The number of ether oxygens (including phenoxy) is 2. The summed E-state index contributed by atoms with van der Waals surface area (Å²) in [5, 5.41) is 59.0. The van der Waals surface area contributed by atoms with Crippen LogP contribution in [0.5, 0.6) is 11.5 Å². The highest BCUT2D eigenvalue weighted by Gasteiger charge is 2.45. The molecular weight excluding hydrogens is 694 g/mol. The number of thioether (sulfide) groups is 1. The van der Waals surface area contributed by atoms with E-state index < -0.39 is 100 Å². The molecule has 3 aliphatic rings. The summed E-state index contributed by atoms with van der Waals surface area (Å²) in [6.45, 7) is 10.4. The maximum Gasteiger partial charge on any atom is 0.313 e. The Kier molecular flexibility index (Phi) is 14.0. The average Bonchev–Trinajstić information content (AvgIpc) is 3.11. The number of phenols is 1. The first-order valence-electron chi connectivity index (χ1n) is 16.8. The van der Waals surface area contributed by atoms with E-state index in [4.69, 9.17) is 9.47 Å². The van der Waals surface area contributed by atoms with Gasteiger partial charge in [0.25, 0.3) is 5.91 Å². The third kappa shape index (κ3) is 7.96. The molecule has 1 amide bonds. The van der Waals surface area contributed by atoms with Crippen LogP contribution in [0, 0.1) is 36.5 Å². The fraction of sp³-hybridized carbons (Fsp3) is 0.500. The highest BCUT2D eigenvalue weighted by atomic mass is 32.2. The van der Waals surface area contributed by atoms with Gasteiger partial charge in [0.15, 0.2) is 5.78 Å². The smallest absolute Gasteiger partial charge is 0.313 e. The molecule has 13 nitrogen and oxygen atoms in total. The highest BCUT2D eigenvalue weighted by Crippen LogP contribution is 2.45. The number of rotatable bonds is 3. The van der Waals surface area contributed by atoms with Crippen LogP contribution in [-0.4, -0.2) is 99.7 Å². The van der Waals surface area contributed by atoms with E-state index in [9.17, 15) is 49.5 Å². The molecule has 4 rings (SSSR count). The van der Waals surface area contributed by atoms with E-state index in [-0.39, 0.29) is 38.6 Å². The molecule has 52 heavy (non-hydrogen) atoms. The number of methoxy groups -OCH3 is 2. The quantitative estimate of drug-likeness (QED) is 0.246. The molecule has 0 radical (unpaired) electrons. The Balaban J connectivity index is 2.34. The number of Topliss-reactive ketones (excluding diaryl/α,β-unsaturated/α-hetero) is 3. The van der Waals surface area contributed by atoms with E-state index in [1.165, 1.54) is 66.2 Å². The number of aliphatic hydroxyl groups is 4. The van der Waals surface area contributed by atoms with Crippen molar-refractivity contribution in [3.05, 3.63) is 68.3 Å². The summed E-state index contributed by atoms with van der Waals surface area (Å²) in [5.41, 5.74) is -1.48. The lowest BCUT2D eigenvalue weighted by Gasteiger charge is -2.37. The van der Waals surface area contributed by atoms with E-state index in [1.54, 1.807) is 19.9 Å². The first-order valence-corrected chi connectivity index (χ1v) is 18.0. The third-order valence-electron chi connectivity index (χ3n) is 10.1. The predicted molar refractivity (Wildman–Crippen MR) is 194 cm³/mol. The van der Waals surface area contributed by atoms with Gasteiger partial charge in [-0.15, -0.1) is 11.8 Å². The summed E-state index contributed by atoms with van der Waals surface area (Å²) in [6.07, 6.45) is 1.41. The van der Waals surface area contributed by atoms with Crippen molar-refractivity contribution >= 4 is 41.0 Å². The number of phenolic OH excluding ortho intramolecular Hbond substituents is 1. The Morgan fingerprint density at radius 2 is 1.33 bits per heavy atom. The van der Waals surface area contributed by atoms with Crippen LogP contribution in [0.1, 0.15) is 78.2 Å². The zero-order chi connectivity index (χ0) is 39.5. The van der Waals surface area contributed by atoms with Crippen molar-refractivity contribution in [2.45, 2.75) is 72.9 Å². The molecule has 2 unspecified atom stereocenters. The molecule has 9 atom stereocenters. The number of esters is 1. The van der Waals surface area contributed by atoms with Crippen LogP contribution in [0.15, 0.2) is 46.1 Å². The fourth-order valence-electron chi connectivity index (χ4n) is 6.70. The van der Waals surface area contributed by atoms with Gasteiger partial charge < -0.3 is 40.3 Å². The van der Waals surface area contributed by atoms with Crippen LogP contribution in [0.3, 0.4) is 0 Å². The number of carbonyl (C=O) groups excluding carboxylic acids is 5. The summed E-state index contributed by atoms with van der Waals surface area (Å²) in [4.78, 5) is 68.5. The van der Waals surface area contributed by atoms with Crippen LogP contribution in [0.4, 0.5) is 0 Å². The van der Waals surface area contributed by atoms with Gasteiger partial charge in [0.2, 0.25) is 11.6 Å². The van der Waals surface area contributed by atoms with Gasteiger partial charge in [-0.1, -0.05) is 52.0 Å². The Morgan fingerprint density at radius 1 is 0.769 bits per heavy atom. The van der Waals surface area contributed by atoms with Gasteiger partial charge in [-0.3, -0.25) is 24.0 Å². The number of hydrogen-bond acceptors (Lipinski definition) is 13. The monoisotopic (exact) mass is 743 g/mol. The van der Waals surface area contributed by atoms with Gasteiger partial charge in [-0.2, -0.15) is 0 Å². The van der Waals surface area contributed by atoms with Crippen LogP contribution < -0.4 is 10.1 Å². The second kappa shape index (κ2) is 17.2. The van der Waals surface area contributed by atoms with Crippen molar-refractivity contribution in [2.75, 3.05) is 20.5 Å². The van der Waals surface area contributed by atoms with E-state index in [0.717, 1.165) is 18.9 Å². The van der Waals surface area contributed by atoms with Crippen LogP contribution in [-0.2, 0) is 14.3 Å². The van der Waals surface area contributed by atoms with Crippen LogP contribution >= 0.6 is 11.8 Å². The third-order valence-corrected chi connectivity index (χ3v) is 10.9. The molecule has 284 valence electrons. The maximum atomic E-state index is 14.2. The minimum absolute atomic E-state index is 0.00802. The number of aliphatic hydroxyl groups excluding tert-OH is 4. The summed E-state index contributed by atoms with van der Waals surface area (Å²) in [7, 11) is 2.32. The number of fused-ring (bicyclic) bond motifs is 15. The minimum atomic E-state index is -1.67. The summed E-state index contributed by atoms with van der Waals surface area (Å²) in [5.74, 6) is -10.1. The molecule has 6 N–H and O–H groups in total. The first-order chi connectivity index (χ1) is 24.3. The molecular formula is C38H49NO12S. The van der Waals surface area contributed by atoms with Crippen molar-refractivity contribution in [1.29, 1.82) is 0 Å². The lowest BCUT2D eigenvalue weighted by Crippen LogP contribution is -2.50. The number of allylic oxidation sites excluding steroid dienone is 5. The molecule has 0 aromatic heterocycles. The number of amides is 1. The van der Waals surface area contributed by atoms with E-state index in [0.29, 0.717) is 0 Å². The maximum absolute atomic E-state index is 14.2. The summed E-state index contributed by atoms with van der Waals surface area (Å²) < 4.78 is 10.4. The summed E-state index contributed by atoms with van der Waals surface area (Å²) >= 11 is 0.868. The number of ketones is 3. The second-order valence-corrected chi connectivity index (χ2v) is 14.3. The molecule has 0 fully saturated rings. The molecule has 1 aromatic carbocycles. The molecule has 14 heteroatoms. The van der Waals surface area contributed by atoms with E-state index in [1.807, 2.05) is 0 Å². The average molecular weight is 744 g/mol. The Bertz CT molecular complexity index is 1760. The van der Waals surface area contributed by atoms with E-state index in [2.05, 4.69) is 5.32 Å². The first kappa shape index (κ1) is 42.3. The standard InChI is InChI=1S/C38H49NO12S/c1-15-12-11-13-16(2)37(48)39-26-33(46)23-22(34(47)36(26)52-10)24(35(50-8)21(7)32(23)45)29(42)18(4)14-17(3)28(41)20(6)31(44)25(38(49)51-9)30(43)19(5)27(15)40/h11-15,17,19-20,25,27-28,30-31,40-41,43-45H,1-10H3,(H,39,48)/b12-11+,16-13+,18-14+/t15-,17+,19?,20-,25?,27-,28+,30-,31-/m1/s1. The number of benzene rings is 1. The molecule has 0 saturated heterocycles. The van der Waals surface area contributed by atoms with Crippen LogP contribution in [0.25, 0.3) is 0 Å². The van der Waals surface area contributed by atoms with Gasteiger partial charge >= 0.3 is 5.97 Å². The largest absolute Gasteiger partial charge is 0.507 e. The zero-order valence-electron chi connectivity index (χ0n) is 31.0. The molecule has 1 aromatic rings. The Hall–Kier alpha value is -4.08. The van der Waals surface area contributed by atoms with E-state index >= 15 is 0 Å². The normalized spacial score (nSPS) is 32.4. The number of carbonyl (C=O) groups is 5. The summed E-state index contributed by atoms with van der Waals surface area (Å²) in [6, 6.07) is 0. The number of nitrogens with one attached hydrogen (secondary N) is 1. The van der Waals surface area contributed by atoms with Gasteiger partial charge in [0.05, 0.1) is 60.2 Å². The van der Waals surface area contributed by atoms with Gasteiger partial charge in [-0.25, -0.2) is 0 Å². The molecule has 2 aliphatic heterocycles. The SMILES string of the molecule is COC(=O)C1[C@H](O)C(C)[C@H](O)[C@H](C)/C=C/C=C(\C)C(=O)NC2=C(SC)C(=O)c3c(c(O)c(C)c(OC)c3C(=O)/C(C)=C/[C@H](C)[C@H](O)[C@@H](C)[C@H]1O)C2=O. The molecule has 0 spiro atoms. The molecule has 4 bridgehead atoms. The lowest BCUT2D eigenvalue weighted by atomic mass is 9.76. The van der Waals surface area contributed by atoms with Crippen molar-refractivity contribution in [3.8, 4) is 11.5 Å². The van der Waals surface area contributed by atoms with Crippen molar-refractivity contribution in [1.82, 2.24) is 5.32 Å². The fourth-order valence-corrected chi connectivity index (χ4v) is 7.33. The zero-order valence-corrected chi connectivity index (χ0v) is 31.8. The molecule has 2 heterocycles. The van der Waals surface area contributed by atoms with Gasteiger partial charge in [0, 0.05) is 34.8 Å². The lowest BCUT2D eigenvalue weighted by molar-refractivity contribution is -0.164. The minimum Gasteiger partial charge on any atom is -0.507 e. The topological polar surface area (TPSA) is 217 Å². The van der Waals surface area contributed by atoms with Crippen molar-refractivity contribution < 1.29 is 59.0 Å². The van der Waals surface area contributed by atoms with Gasteiger partial charge in [-0.05, 0) is 32.6 Å². The molecule has 1 aliphatic carbocycles. The highest BCUT2D eigenvalue weighted by molar-refractivity contribution is 8.03. The van der Waals surface area contributed by atoms with Crippen LogP contribution in [0.2, 0.25) is 0 Å². The van der Waals surface area contributed by atoms with Gasteiger partial charge in [0.1, 0.15) is 23.1 Å². The second-order valence-electron chi connectivity index (χ2n) is 13.5.